The van der Waals surface area contributed by atoms with Gasteiger partial charge in [0, 0.05) is 66.0 Å². The quantitative estimate of drug-likeness (QED) is 0.186. The van der Waals surface area contributed by atoms with Crippen molar-refractivity contribution in [1.29, 1.82) is 0 Å². The largest absolute Gasteiger partial charge is 0.372 e. The summed E-state index contributed by atoms with van der Waals surface area (Å²) >= 11 is 0. The van der Waals surface area contributed by atoms with E-state index >= 15 is 0 Å². The molecule has 0 spiro atoms. The molecule has 0 atom stereocenters. The third-order valence-electron chi connectivity index (χ3n) is 7.91. The number of aryl methyl sites for hydroxylation is 1. The molecule has 0 amide bonds. The molecule has 3 nitrogen and oxygen atoms in total. The van der Waals surface area contributed by atoms with Gasteiger partial charge in [-0.2, -0.15) is 4.58 Å². The summed E-state index contributed by atoms with van der Waals surface area (Å²) in [5.41, 5.74) is 10.5. The van der Waals surface area contributed by atoms with Gasteiger partial charge in [-0.15, -0.1) is 0 Å². The molecule has 4 aromatic rings. The number of unbranched alkanes of at least 4 members (excludes halogenated alkanes) is 2. The minimum absolute atomic E-state index is 1.02. The fourth-order valence-corrected chi connectivity index (χ4v) is 5.80. The molecule has 3 heteroatoms. The molecule has 196 valence electrons. The Morgan fingerprint density at radius 2 is 1.50 bits per heavy atom. The summed E-state index contributed by atoms with van der Waals surface area (Å²) in [6, 6.07) is 27.1. The zero-order chi connectivity index (χ0) is 26.5. The standard InChI is InChI=1S/C35H42N3/c1-5-9-23-37-25-31(29-15-11-13-17-33(29)37)35(27-19-21-28(22-20-27)36(7-3)8-4)32-26-38(24-10-6-2)34-18-14-12-16-30(32)34/h11-22,25-26H,5-10,23-24H2,1-4H3/q+1. The second-order valence-corrected chi connectivity index (χ2v) is 10.3. The summed E-state index contributed by atoms with van der Waals surface area (Å²) in [7, 11) is 0. The van der Waals surface area contributed by atoms with Crippen molar-refractivity contribution in [2.45, 2.75) is 59.9 Å². The van der Waals surface area contributed by atoms with E-state index in [1.807, 2.05) is 0 Å². The van der Waals surface area contributed by atoms with Crippen molar-refractivity contribution >= 4 is 39.6 Å². The number of benzene rings is 3. The minimum atomic E-state index is 1.02. The summed E-state index contributed by atoms with van der Waals surface area (Å²) in [6.07, 6.45) is 9.56. The van der Waals surface area contributed by atoms with Crippen LogP contribution in [0, 0.1) is 0 Å². The number of aromatic nitrogens is 1. The lowest BCUT2D eigenvalue weighted by atomic mass is 9.90. The van der Waals surface area contributed by atoms with Gasteiger partial charge in [0.1, 0.15) is 6.54 Å². The molecule has 3 aromatic carbocycles. The van der Waals surface area contributed by atoms with Crippen LogP contribution in [-0.2, 0) is 6.54 Å². The summed E-state index contributed by atoms with van der Waals surface area (Å²) < 4.78 is 4.93. The SMILES string of the molecule is CCCCn1cc(/C(=C2/C=[N+](CCCC)c3ccccc32)c2ccc(N(CC)CC)cc2)c2ccccc21. The van der Waals surface area contributed by atoms with E-state index in [1.54, 1.807) is 0 Å². The zero-order valence-corrected chi connectivity index (χ0v) is 23.6. The van der Waals surface area contributed by atoms with Gasteiger partial charge >= 0.3 is 0 Å². The number of fused-ring (bicyclic) bond motifs is 2. The first kappa shape index (κ1) is 26.0. The highest BCUT2D eigenvalue weighted by atomic mass is 15.1. The highest BCUT2D eigenvalue weighted by molar-refractivity contribution is 6.25. The molecule has 0 saturated carbocycles. The number of anilines is 1. The minimum Gasteiger partial charge on any atom is -0.372 e. The second-order valence-electron chi connectivity index (χ2n) is 10.3. The molecule has 0 N–H and O–H groups in total. The van der Waals surface area contributed by atoms with Crippen LogP contribution >= 0.6 is 0 Å². The number of rotatable bonds is 11. The number of hydrogen-bond donors (Lipinski definition) is 0. The van der Waals surface area contributed by atoms with Crippen LogP contribution in [0.4, 0.5) is 11.4 Å². The summed E-state index contributed by atoms with van der Waals surface area (Å²) in [4.78, 5) is 2.41. The van der Waals surface area contributed by atoms with E-state index in [4.69, 9.17) is 0 Å². The maximum Gasteiger partial charge on any atom is 0.213 e. The Hall–Kier alpha value is -3.59. The van der Waals surface area contributed by atoms with Crippen molar-refractivity contribution in [3.8, 4) is 0 Å². The average molecular weight is 505 g/mol. The lowest BCUT2D eigenvalue weighted by Crippen LogP contribution is -2.21. The van der Waals surface area contributed by atoms with Gasteiger partial charge in [0.2, 0.25) is 5.69 Å². The molecule has 0 unspecified atom stereocenters. The van der Waals surface area contributed by atoms with Gasteiger partial charge in [0.05, 0.1) is 11.1 Å². The van der Waals surface area contributed by atoms with E-state index in [0.29, 0.717) is 0 Å². The van der Waals surface area contributed by atoms with Crippen LogP contribution in [0.25, 0.3) is 22.0 Å². The lowest BCUT2D eigenvalue weighted by Gasteiger charge is -2.21. The van der Waals surface area contributed by atoms with Crippen LogP contribution in [0.2, 0.25) is 0 Å². The van der Waals surface area contributed by atoms with Crippen molar-refractivity contribution < 1.29 is 4.58 Å². The Balaban J connectivity index is 1.76. The fourth-order valence-electron chi connectivity index (χ4n) is 5.80. The maximum atomic E-state index is 2.47. The van der Waals surface area contributed by atoms with Gasteiger partial charge in [0.25, 0.3) is 0 Å². The van der Waals surface area contributed by atoms with Gasteiger partial charge in [0.15, 0.2) is 6.21 Å². The van der Waals surface area contributed by atoms with Crippen molar-refractivity contribution in [2.24, 2.45) is 0 Å². The highest BCUT2D eigenvalue weighted by Crippen LogP contribution is 2.42. The van der Waals surface area contributed by atoms with Crippen LogP contribution in [0.5, 0.6) is 0 Å². The van der Waals surface area contributed by atoms with E-state index in [2.05, 4.69) is 127 Å². The van der Waals surface area contributed by atoms with Crippen LogP contribution in [0.3, 0.4) is 0 Å². The van der Waals surface area contributed by atoms with E-state index in [0.717, 1.165) is 26.2 Å². The smallest absolute Gasteiger partial charge is 0.213 e. The molecular formula is C35H42N3+. The molecule has 1 aromatic heterocycles. The van der Waals surface area contributed by atoms with E-state index in [9.17, 15) is 0 Å². The third-order valence-corrected chi connectivity index (χ3v) is 7.91. The molecule has 0 fully saturated rings. The second kappa shape index (κ2) is 11.9. The van der Waals surface area contributed by atoms with Crippen molar-refractivity contribution in [2.75, 3.05) is 24.5 Å². The van der Waals surface area contributed by atoms with Crippen molar-refractivity contribution in [1.82, 2.24) is 4.57 Å². The monoisotopic (exact) mass is 504 g/mol. The molecule has 0 bridgehead atoms. The van der Waals surface area contributed by atoms with E-state index in [1.165, 1.54) is 75.8 Å². The van der Waals surface area contributed by atoms with Crippen LogP contribution in [0.15, 0.2) is 79.0 Å². The van der Waals surface area contributed by atoms with Crippen molar-refractivity contribution in [3.05, 3.63) is 95.7 Å². The summed E-state index contributed by atoms with van der Waals surface area (Å²) in [5.74, 6) is 0. The number of hydrogen-bond acceptors (Lipinski definition) is 1. The van der Waals surface area contributed by atoms with E-state index < -0.39 is 0 Å². The zero-order valence-electron chi connectivity index (χ0n) is 23.6. The Labute approximate surface area is 228 Å². The molecule has 0 radical (unpaired) electrons. The normalized spacial score (nSPS) is 14.1. The first-order valence-electron chi connectivity index (χ1n) is 14.6. The van der Waals surface area contributed by atoms with Gasteiger partial charge in [-0.25, -0.2) is 0 Å². The molecule has 1 aliphatic heterocycles. The Morgan fingerprint density at radius 1 is 0.789 bits per heavy atom. The predicted molar refractivity (Wildman–Crippen MR) is 165 cm³/mol. The van der Waals surface area contributed by atoms with Crippen LogP contribution in [0.1, 0.15) is 70.1 Å². The molecular weight excluding hydrogens is 462 g/mol. The Morgan fingerprint density at radius 3 is 2.24 bits per heavy atom. The van der Waals surface area contributed by atoms with Gasteiger partial charge in [-0.3, -0.25) is 0 Å². The molecule has 0 saturated heterocycles. The molecule has 2 heterocycles. The fraction of sp³-hybridized carbons (Fsp3) is 0.343. The lowest BCUT2D eigenvalue weighted by molar-refractivity contribution is -0.432. The number of para-hydroxylation sites is 2. The predicted octanol–water partition coefficient (Wildman–Crippen LogP) is 8.78. The number of nitrogens with zero attached hydrogens (tertiary/aromatic N) is 3. The van der Waals surface area contributed by atoms with Gasteiger partial charge in [-0.1, -0.05) is 69.2 Å². The highest BCUT2D eigenvalue weighted by Gasteiger charge is 2.30. The number of allylic oxidation sites excluding steroid dienone is 1. The van der Waals surface area contributed by atoms with Crippen LogP contribution < -0.4 is 4.90 Å². The van der Waals surface area contributed by atoms with E-state index in [-0.39, 0.29) is 0 Å². The third kappa shape index (κ3) is 4.95. The maximum absolute atomic E-state index is 2.47. The topological polar surface area (TPSA) is 11.2 Å². The average Bonchev–Trinajstić information content (AvgIpc) is 3.51. The molecule has 5 rings (SSSR count). The summed E-state index contributed by atoms with van der Waals surface area (Å²) in [6.45, 7) is 13.1. The molecule has 1 aliphatic rings. The van der Waals surface area contributed by atoms with Crippen LogP contribution in [-0.4, -0.2) is 35.0 Å². The van der Waals surface area contributed by atoms with Gasteiger partial charge in [-0.05, 0) is 50.1 Å². The molecule has 38 heavy (non-hydrogen) atoms. The van der Waals surface area contributed by atoms with Crippen molar-refractivity contribution in [3.63, 3.8) is 0 Å². The first-order valence-corrected chi connectivity index (χ1v) is 14.6. The van der Waals surface area contributed by atoms with Gasteiger partial charge < -0.3 is 9.47 Å². The first-order chi connectivity index (χ1) is 18.7. The Bertz CT molecular complexity index is 1450. The Kier molecular flexibility index (Phi) is 8.12. The molecule has 0 aliphatic carbocycles. The summed E-state index contributed by atoms with van der Waals surface area (Å²) in [5, 5.41) is 1.33.